The van der Waals surface area contributed by atoms with Crippen LogP contribution < -0.4 is 5.32 Å². The van der Waals surface area contributed by atoms with Gasteiger partial charge in [0, 0.05) is 13.1 Å². The first kappa shape index (κ1) is 19.6. The molecule has 0 spiro atoms. The number of hydrogen-bond acceptors (Lipinski definition) is 4. The Bertz CT molecular complexity index is 954. The number of hydrogen-bond donors (Lipinski definition) is 1. The summed E-state index contributed by atoms with van der Waals surface area (Å²) in [7, 11) is -3.50. The third kappa shape index (κ3) is 3.88. The van der Waals surface area contributed by atoms with Gasteiger partial charge in [-0.15, -0.1) is 11.3 Å². The summed E-state index contributed by atoms with van der Waals surface area (Å²) in [5, 5.41) is 4.87. The van der Waals surface area contributed by atoms with E-state index in [1.54, 1.807) is 17.5 Å². The minimum atomic E-state index is -3.50. The van der Waals surface area contributed by atoms with Crippen LogP contribution in [0.1, 0.15) is 48.9 Å². The van der Waals surface area contributed by atoms with Crippen molar-refractivity contribution in [3.8, 4) is 0 Å². The molecule has 0 radical (unpaired) electrons. The number of piperidine rings is 1. The van der Waals surface area contributed by atoms with E-state index < -0.39 is 10.0 Å². The first-order valence-electron chi connectivity index (χ1n) is 9.91. The number of carbonyl (C=O) groups is 1. The minimum absolute atomic E-state index is 0.0564. The lowest BCUT2D eigenvalue weighted by molar-refractivity contribution is -0.126. The van der Waals surface area contributed by atoms with Crippen LogP contribution in [-0.4, -0.2) is 31.7 Å². The molecule has 0 unspecified atom stereocenters. The average molecular weight is 419 g/mol. The van der Waals surface area contributed by atoms with Crippen molar-refractivity contribution in [3.63, 3.8) is 0 Å². The highest BCUT2D eigenvalue weighted by atomic mass is 32.2. The van der Waals surface area contributed by atoms with E-state index in [9.17, 15) is 13.2 Å². The predicted molar refractivity (Wildman–Crippen MR) is 111 cm³/mol. The summed E-state index contributed by atoms with van der Waals surface area (Å²) in [5.74, 6) is -0.362. The smallest absolute Gasteiger partial charge is 0.252 e. The van der Waals surface area contributed by atoms with Crippen LogP contribution in [-0.2, 0) is 27.7 Å². The van der Waals surface area contributed by atoms with Crippen molar-refractivity contribution in [3.05, 3.63) is 52.4 Å². The molecule has 2 aliphatic rings. The number of carbonyl (C=O) groups excluding carboxylic acids is 1. The molecule has 150 valence electrons. The van der Waals surface area contributed by atoms with Gasteiger partial charge in [-0.2, -0.15) is 4.31 Å². The van der Waals surface area contributed by atoms with Crippen molar-refractivity contribution in [2.24, 2.45) is 5.92 Å². The fourth-order valence-electron chi connectivity index (χ4n) is 4.19. The van der Waals surface area contributed by atoms with Crippen LogP contribution >= 0.6 is 11.3 Å². The molecule has 2 heterocycles. The molecular formula is C21H26N2O3S2. The summed E-state index contributed by atoms with van der Waals surface area (Å²) >= 11 is 1.22. The zero-order chi connectivity index (χ0) is 19.7. The summed E-state index contributed by atoms with van der Waals surface area (Å²) < 4.78 is 27.4. The van der Waals surface area contributed by atoms with Gasteiger partial charge >= 0.3 is 0 Å². The molecule has 1 amide bonds. The van der Waals surface area contributed by atoms with Crippen molar-refractivity contribution >= 4 is 27.3 Å². The number of nitrogens with zero attached hydrogens (tertiary/aromatic N) is 1. The molecule has 2 atom stereocenters. The van der Waals surface area contributed by atoms with Crippen LogP contribution in [0.15, 0.2) is 39.9 Å². The number of fused-ring (bicyclic) bond motifs is 1. The maximum atomic E-state index is 12.8. The molecule has 1 aliphatic carbocycles. The van der Waals surface area contributed by atoms with Crippen molar-refractivity contribution in [2.45, 2.75) is 49.3 Å². The molecule has 7 heteroatoms. The van der Waals surface area contributed by atoms with Gasteiger partial charge in [0.05, 0.1) is 12.0 Å². The lowest BCUT2D eigenvalue weighted by Gasteiger charge is -2.31. The highest BCUT2D eigenvalue weighted by Gasteiger charge is 2.34. The first-order chi connectivity index (χ1) is 13.4. The monoisotopic (exact) mass is 418 g/mol. The van der Waals surface area contributed by atoms with Gasteiger partial charge in [-0.05, 0) is 67.2 Å². The Morgan fingerprint density at radius 1 is 1.21 bits per heavy atom. The van der Waals surface area contributed by atoms with Gasteiger partial charge in [-0.25, -0.2) is 8.42 Å². The van der Waals surface area contributed by atoms with Gasteiger partial charge < -0.3 is 5.32 Å². The highest BCUT2D eigenvalue weighted by molar-refractivity contribution is 7.91. The topological polar surface area (TPSA) is 66.5 Å². The van der Waals surface area contributed by atoms with Crippen LogP contribution in [0.25, 0.3) is 0 Å². The normalized spacial score (nSPS) is 21.2. The Morgan fingerprint density at radius 3 is 2.82 bits per heavy atom. The third-order valence-electron chi connectivity index (χ3n) is 5.83. The molecule has 5 nitrogen and oxygen atoms in total. The predicted octanol–water partition coefficient (Wildman–Crippen LogP) is 3.51. The number of rotatable bonds is 5. The maximum absolute atomic E-state index is 12.8. The van der Waals surface area contributed by atoms with Crippen molar-refractivity contribution in [1.82, 2.24) is 9.62 Å². The number of amides is 1. The largest absolute Gasteiger partial charge is 0.349 e. The zero-order valence-corrected chi connectivity index (χ0v) is 17.7. The quantitative estimate of drug-likeness (QED) is 0.808. The molecule has 4 rings (SSSR count). The van der Waals surface area contributed by atoms with E-state index in [2.05, 4.69) is 23.5 Å². The van der Waals surface area contributed by atoms with Gasteiger partial charge in [0.2, 0.25) is 5.91 Å². The SMILES string of the molecule is C[C@@H](NC(=O)[C@@H]1CCCN(S(=O)(=O)c2cccs2)C1)c1ccc2c(c1)CCC2. The van der Waals surface area contributed by atoms with E-state index in [-0.39, 0.29) is 24.4 Å². The van der Waals surface area contributed by atoms with Gasteiger partial charge in [0.25, 0.3) is 10.0 Å². The van der Waals surface area contributed by atoms with Crippen LogP contribution in [0.3, 0.4) is 0 Å². The molecule has 1 fully saturated rings. The van der Waals surface area contributed by atoms with Crippen LogP contribution in [0, 0.1) is 5.92 Å². The molecule has 1 N–H and O–H groups in total. The second kappa shape index (κ2) is 7.97. The summed E-state index contributed by atoms with van der Waals surface area (Å²) in [6.07, 6.45) is 4.89. The molecule has 1 saturated heterocycles. The highest BCUT2D eigenvalue weighted by Crippen LogP contribution is 2.28. The van der Waals surface area contributed by atoms with Gasteiger partial charge in [-0.3, -0.25) is 4.79 Å². The van der Waals surface area contributed by atoms with Gasteiger partial charge in [0.1, 0.15) is 4.21 Å². The minimum Gasteiger partial charge on any atom is -0.349 e. The maximum Gasteiger partial charge on any atom is 0.252 e. The lowest BCUT2D eigenvalue weighted by Crippen LogP contribution is -2.45. The van der Waals surface area contributed by atoms with Crippen molar-refractivity contribution in [1.29, 1.82) is 0 Å². The van der Waals surface area contributed by atoms with Crippen LogP contribution in [0.5, 0.6) is 0 Å². The molecule has 1 aliphatic heterocycles. The van der Waals surface area contributed by atoms with Gasteiger partial charge in [-0.1, -0.05) is 24.3 Å². The van der Waals surface area contributed by atoms with E-state index in [4.69, 9.17) is 0 Å². The molecule has 2 aromatic rings. The van der Waals surface area contributed by atoms with Crippen LogP contribution in [0.2, 0.25) is 0 Å². The first-order valence-corrected chi connectivity index (χ1v) is 12.2. The second-order valence-electron chi connectivity index (χ2n) is 7.75. The lowest BCUT2D eigenvalue weighted by atomic mass is 9.97. The Hall–Kier alpha value is -1.70. The second-order valence-corrected chi connectivity index (χ2v) is 10.9. The van der Waals surface area contributed by atoms with Gasteiger partial charge in [0.15, 0.2) is 0 Å². The van der Waals surface area contributed by atoms with Crippen molar-refractivity contribution < 1.29 is 13.2 Å². The fourth-order valence-corrected chi connectivity index (χ4v) is 6.86. The van der Waals surface area contributed by atoms with E-state index >= 15 is 0 Å². The third-order valence-corrected chi connectivity index (χ3v) is 9.06. The number of nitrogens with one attached hydrogen (secondary N) is 1. The number of sulfonamides is 1. The van der Waals surface area contributed by atoms with E-state index in [1.165, 1.54) is 33.2 Å². The molecular weight excluding hydrogens is 392 g/mol. The number of benzene rings is 1. The molecule has 0 bridgehead atoms. The Kier molecular flexibility index (Phi) is 5.58. The van der Waals surface area contributed by atoms with E-state index in [0.29, 0.717) is 17.2 Å². The summed E-state index contributed by atoms with van der Waals surface area (Å²) in [4.78, 5) is 12.8. The van der Waals surface area contributed by atoms with Crippen LogP contribution in [0.4, 0.5) is 0 Å². The zero-order valence-electron chi connectivity index (χ0n) is 16.1. The Balaban J connectivity index is 1.42. The Morgan fingerprint density at radius 2 is 2.04 bits per heavy atom. The standard InChI is InChI=1S/C21H26N2O3S2/c1-15(17-10-9-16-5-2-6-18(16)13-17)22-21(24)19-7-3-11-23(14-19)28(25,26)20-8-4-12-27-20/h4,8-10,12-13,15,19H,2-3,5-7,11,14H2,1H3,(H,22,24)/t15-,19-/m1/s1. The summed E-state index contributed by atoms with van der Waals surface area (Å²) in [5.41, 5.74) is 3.93. The fraction of sp³-hybridized carbons (Fsp3) is 0.476. The summed E-state index contributed by atoms with van der Waals surface area (Å²) in [6, 6.07) is 9.77. The summed E-state index contributed by atoms with van der Waals surface area (Å²) in [6.45, 7) is 2.73. The molecule has 28 heavy (non-hydrogen) atoms. The van der Waals surface area contributed by atoms with Crippen molar-refractivity contribution in [2.75, 3.05) is 13.1 Å². The number of aryl methyl sites for hydroxylation is 2. The number of thiophene rings is 1. The van der Waals surface area contributed by atoms with E-state index in [0.717, 1.165) is 24.8 Å². The van der Waals surface area contributed by atoms with E-state index in [1.807, 2.05) is 6.92 Å². The molecule has 1 aromatic carbocycles. The molecule has 1 aromatic heterocycles. The Labute approximate surface area is 170 Å². The average Bonchev–Trinajstić information content (AvgIpc) is 3.39. The molecule has 0 saturated carbocycles.